The topological polar surface area (TPSA) is 101 Å². The molecule has 0 atom stereocenters. The molecule has 0 spiro atoms. The number of amides is 1. The zero-order valence-corrected chi connectivity index (χ0v) is 15.9. The van der Waals surface area contributed by atoms with Crippen LogP contribution in [0.1, 0.15) is 42.6 Å². The molecule has 0 saturated heterocycles. The average molecular weight is 378 g/mol. The summed E-state index contributed by atoms with van der Waals surface area (Å²) in [5, 5.41) is 23.2. The van der Waals surface area contributed by atoms with Crippen molar-refractivity contribution in [1.29, 1.82) is 5.26 Å². The van der Waals surface area contributed by atoms with Gasteiger partial charge < -0.3 is 9.88 Å². The van der Waals surface area contributed by atoms with Gasteiger partial charge in [-0.3, -0.25) is 14.9 Å². The van der Waals surface area contributed by atoms with E-state index in [1.165, 1.54) is 12.1 Å². The van der Waals surface area contributed by atoms with Gasteiger partial charge in [-0.15, -0.1) is 0 Å². The minimum absolute atomic E-state index is 0.0293. The van der Waals surface area contributed by atoms with Crippen LogP contribution >= 0.6 is 0 Å². The molecule has 28 heavy (non-hydrogen) atoms. The highest BCUT2D eigenvalue weighted by molar-refractivity contribution is 6.02. The van der Waals surface area contributed by atoms with E-state index in [-0.39, 0.29) is 23.2 Å². The number of nitrogens with one attached hydrogen (secondary N) is 1. The third-order valence-electron chi connectivity index (χ3n) is 5.14. The van der Waals surface area contributed by atoms with Gasteiger partial charge in [0.1, 0.15) is 11.6 Å². The van der Waals surface area contributed by atoms with E-state index in [0.29, 0.717) is 0 Å². The number of rotatable bonds is 5. The van der Waals surface area contributed by atoms with Gasteiger partial charge in [-0.25, -0.2) is 0 Å². The number of nitrogens with zero attached hydrogens (tertiary/aromatic N) is 3. The molecule has 0 bridgehead atoms. The van der Waals surface area contributed by atoms with Crippen molar-refractivity contribution in [2.75, 3.05) is 0 Å². The minimum atomic E-state index is -0.435. The zero-order valence-electron chi connectivity index (χ0n) is 15.9. The summed E-state index contributed by atoms with van der Waals surface area (Å²) in [6.07, 6.45) is 5.73. The maximum atomic E-state index is 12.4. The fraction of sp³-hybridized carbons (Fsp3) is 0.333. The summed E-state index contributed by atoms with van der Waals surface area (Å²) in [6, 6.07) is 10.3. The van der Waals surface area contributed by atoms with Crippen LogP contribution in [-0.2, 0) is 4.79 Å². The van der Waals surface area contributed by atoms with Gasteiger partial charge in [0.05, 0.1) is 4.92 Å². The van der Waals surface area contributed by atoms with Crippen molar-refractivity contribution < 1.29 is 9.72 Å². The van der Waals surface area contributed by atoms with Gasteiger partial charge in [0, 0.05) is 35.2 Å². The van der Waals surface area contributed by atoms with E-state index in [9.17, 15) is 20.2 Å². The summed E-state index contributed by atoms with van der Waals surface area (Å²) < 4.78 is 1.94. The maximum absolute atomic E-state index is 12.4. The Morgan fingerprint density at radius 3 is 2.50 bits per heavy atom. The first-order valence-corrected chi connectivity index (χ1v) is 9.27. The number of hydrogen-bond donors (Lipinski definition) is 1. The average Bonchev–Trinajstić information content (AvgIpc) is 3.27. The molecule has 0 radical (unpaired) electrons. The Balaban J connectivity index is 1.89. The normalized spacial score (nSPS) is 14.7. The lowest BCUT2D eigenvalue weighted by Crippen LogP contribution is -2.33. The van der Waals surface area contributed by atoms with E-state index in [1.807, 2.05) is 30.6 Å². The van der Waals surface area contributed by atoms with Crippen LogP contribution in [-0.4, -0.2) is 21.4 Å². The van der Waals surface area contributed by atoms with Gasteiger partial charge in [0.15, 0.2) is 0 Å². The van der Waals surface area contributed by atoms with E-state index in [1.54, 1.807) is 18.2 Å². The van der Waals surface area contributed by atoms with Crippen LogP contribution in [0.2, 0.25) is 0 Å². The van der Waals surface area contributed by atoms with Crippen LogP contribution in [0.25, 0.3) is 11.8 Å². The van der Waals surface area contributed by atoms with E-state index in [2.05, 4.69) is 5.32 Å². The van der Waals surface area contributed by atoms with Crippen LogP contribution in [0.5, 0.6) is 0 Å². The molecule has 1 N–H and O–H groups in total. The molecule has 2 aromatic rings. The number of nitro groups is 1. The number of nitriles is 1. The summed E-state index contributed by atoms with van der Waals surface area (Å²) in [6.45, 7) is 3.81. The smallest absolute Gasteiger partial charge is 0.269 e. The summed E-state index contributed by atoms with van der Waals surface area (Å²) in [5.74, 6) is -0.338. The van der Waals surface area contributed by atoms with Crippen LogP contribution < -0.4 is 5.32 Å². The second-order valence-corrected chi connectivity index (χ2v) is 7.06. The molecule has 1 aliphatic rings. The number of nitro benzene ring substituents is 1. The number of non-ortho nitro benzene ring substituents is 1. The summed E-state index contributed by atoms with van der Waals surface area (Å²) in [4.78, 5) is 22.9. The molecule has 1 aromatic carbocycles. The molecule has 1 aliphatic carbocycles. The van der Waals surface area contributed by atoms with Crippen LogP contribution in [0.4, 0.5) is 5.69 Å². The van der Waals surface area contributed by atoms with Crippen molar-refractivity contribution in [1.82, 2.24) is 9.88 Å². The first-order valence-electron chi connectivity index (χ1n) is 9.27. The molecule has 3 rings (SSSR count). The molecule has 1 aromatic heterocycles. The lowest BCUT2D eigenvalue weighted by molar-refractivity contribution is -0.384. The first-order chi connectivity index (χ1) is 13.4. The molecule has 144 valence electrons. The van der Waals surface area contributed by atoms with Crippen molar-refractivity contribution in [2.24, 2.45) is 0 Å². The zero-order chi connectivity index (χ0) is 20.3. The molecule has 1 heterocycles. The van der Waals surface area contributed by atoms with Crippen molar-refractivity contribution in [3.05, 3.63) is 63.0 Å². The fourth-order valence-corrected chi connectivity index (χ4v) is 3.69. The van der Waals surface area contributed by atoms with Crippen molar-refractivity contribution >= 4 is 17.7 Å². The first kappa shape index (κ1) is 19.4. The number of hydrogen-bond acceptors (Lipinski definition) is 4. The van der Waals surface area contributed by atoms with Crippen LogP contribution in [0.15, 0.2) is 35.9 Å². The SMILES string of the molecule is Cc1cc(/C=C(\C#N)C(=O)NC2CCCC2)c(C)n1-c1ccc([N+](=O)[O-])cc1. The predicted molar refractivity (Wildman–Crippen MR) is 106 cm³/mol. The molecule has 1 fully saturated rings. The standard InChI is InChI=1S/C21H22N4O3/c1-14-11-16(12-17(13-22)21(26)23-18-5-3-4-6-18)15(2)24(14)19-7-9-20(10-8-19)25(27)28/h7-12,18H,3-6H2,1-2H3,(H,23,26)/b17-12+. The largest absolute Gasteiger partial charge is 0.349 e. The fourth-order valence-electron chi connectivity index (χ4n) is 3.69. The molecule has 0 aliphatic heterocycles. The Kier molecular flexibility index (Phi) is 5.59. The molecule has 0 unspecified atom stereocenters. The monoisotopic (exact) mass is 378 g/mol. The molecule has 7 heteroatoms. The van der Waals surface area contributed by atoms with E-state index in [4.69, 9.17) is 0 Å². The molecule has 1 saturated carbocycles. The van der Waals surface area contributed by atoms with Gasteiger partial charge in [-0.05, 0) is 56.5 Å². The highest BCUT2D eigenvalue weighted by Crippen LogP contribution is 2.25. The second kappa shape index (κ2) is 8.09. The van der Waals surface area contributed by atoms with Gasteiger partial charge in [0.2, 0.25) is 0 Å². The minimum Gasteiger partial charge on any atom is -0.349 e. The Hall–Kier alpha value is -3.40. The van der Waals surface area contributed by atoms with Crippen LogP contribution in [0.3, 0.4) is 0 Å². The number of carbonyl (C=O) groups excluding carboxylic acids is 1. The molecule has 1 amide bonds. The van der Waals surface area contributed by atoms with Crippen LogP contribution in [0, 0.1) is 35.3 Å². The van der Waals surface area contributed by atoms with Gasteiger partial charge >= 0.3 is 0 Å². The predicted octanol–water partition coefficient (Wildman–Crippen LogP) is 3.97. The van der Waals surface area contributed by atoms with Crippen molar-refractivity contribution in [3.8, 4) is 11.8 Å². The van der Waals surface area contributed by atoms with Crippen molar-refractivity contribution in [2.45, 2.75) is 45.6 Å². The third kappa shape index (κ3) is 3.96. The number of carbonyl (C=O) groups is 1. The molecular formula is C21H22N4O3. The highest BCUT2D eigenvalue weighted by atomic mass is 16.6. The Morgan fingerprint density at radius 1 is 1.29 bits per heavy atom. The molecular weight excluding hydrogens is 356 g/mol. The van der Waals surface area contributed by atoms with E-state index in [0.717, 1.165) is 48.3 Å². The maximum Gasteiger partial charge on any atom is 0.269 e. The number of aryl methyl sites for hydroxylation is 1. The number of aromatic nitrogens is 1. The summed E-state index contributed by atoms with van der Waals surface area (Å²) >= 11 is 0. The lowest BCUT2D eigenvalue weighted by Gasteiger charge is -2.11. The summed E-state index contributed by atoms with van der Waals surface area (Å²) in [5.41, 5.74) is 3.43. The van der Waals surface area contributed by atoms with Gasteiger partial charge in [0.25, 0.3) is 11.6 Å². The highest BCUT2D eigenvalue weighted by Gasteiger charge is 2.20. The quantitative estimate of drug-likeness (QED) is 0.368. The Labute approximate surface area is 163 Å². The van der Waals surface area contributed by atoms with Gasteiger partial charge in [-0.1, -0.05) is 12.8 Å². The third-order valence-corrected chi connectivity index (χ3v) is 5.14. The Morgan fingerprint density at radius 2 is 1.93 bits per heavy atom. The van der Waals surface area contributed by atoms with Crippen molar-refractivity contribution in [3.63, 3.8) is 0 Å². The Bertz CT molecular complexity index is 974. The molecule has 7 nitrogen and oxygen atoms in total. The van der Waals surface area contributed by atoms with Gasteiger partial charge in [-0.2, -0.15) is 5.26 Å². The number of benzene rings is 1. The summed E-state index contributed by atoms with van der Waals surface area (Å²) in [7, 11) is 0. The van der Waals surface area contributed by atoms with E-state index < -0.39 is 4.92 Å². The van der Waals surface area contributed by atoms with E-state index >= 15 is 0 Å². The lowest BCUT2D eigenvalue weighted by atomic mass is 10.1. The second-order valence-electron chi connectivity index (χ2n) is 7.06.